The first-order valence-corrected chi connectivity index (χ1v) is 12.5. The zero-order chi connectivity index (χ0) is 22.0. The van der Waals surface area contributed by atoms with Crippen LogP contribution in [-0.4, -0.2) is 47.4 Å². The number of pyridine rings is 1. The number of sulfone groups is 1. The molecule has 2 aliphatic heterocycles. The fraction of sp³-hybridized carbons (Fsp3) is 0.409. The standard InChI is InChI=1S/C22H22N4O5S/c1-12-20-16(22(27)23-14-4-5-18-19(8-14)31-11-30-18)9-17(13-2-3-13)24-21(20)26(25-12)15-6-7-32(28,29)10-15/h4-5,8-9,13,15H,2-3,6-7,10-11H2,1H3,(H,23,27)/t15-/m1/s1. The van der Waals surface area contributed by atoms with E-state index >= 15 is 0 Å². The van der Waals surface area contributed by atoms with Crippen molar-refractivity contribution in [2.75, 3.05) is 23.6 Å². The lowest BCUT2D eigenvalue weighted by molar-refractivity contribution is 0.102. The molecule has 10 heteroatoms. The minimum absolute atomic E-state index is 0.0529. The number of carbonyl (C=O) groups excluding carboxylic acids is 1. The number of amides is 1. The Kier molecular flexibility index (Phi) is 4.23. The average Bonchev–Trinajstić information content (AvgIpc) is 3.27. The first kappa shape index (κ1) is 19.5. The molecular weight excluding hydrogens is 432 g/mol. The number of hydrogen-bond donors (Lipinski definition) is 1. The van der Waals surface area contributed by atoms with Gasteiger partial charge in [0.2, 0.25) is 6.79 Å². The van der Waals surface area contributed by atoms with Crippen molar-refractivity contribution in [3.63, 3.8) is 0 Å². The molecular formula is C22H22N4O5S. The van der Waals surface area contributed by atoms with Crippen LogP contribution in [0.5, 0.6) is 11.5 Å². The Labute approximate surface area is 184 Å². The van der Waals surface area contributed by atoms with E-state index in [0.29, 0.717) is 51.8 Å². The van der Waals surface area contributed by atoms with Crippen LogP contribution in [0.2, 0.25) is 0 Å². The van der Waals surface area contributed by atoms with E-state index in [2.05, 4.69) is 10.4 Å². The number of aromatic nitrogens is 3. The quantitative estimate of drug-likeness (QED) is 0.645. The average molecular weight is 455 g/mol. The first-order chi connectivity index (χ1) is 15.4. The molecule has 6 rings (SSSR count). The summed E-state index contributed by atoms with van der Waals surface area (Å²) >= 11 is 0. The van der Waals surface area contributed by atoms with E-state index in [4.69, 9.17) is 14.5 Å². The summed E-state index contributed by atoms with van der Waals surface area (Å²) in [6.45, 7) is 2.00. The molecule has 2 aromatic heterocycles. The molecule has 3 aromatic rings. The van der Waals surface area contributed by atoms with Gasteiger partial charge in [-0.25, -0.2) is 18.1 Å². The summed E-state index contributed by atoms with van der Waals surface area (Å²) in [5.74, 6) is 1.50. The number of anilines is 1. The molecule has 3 aliphatic rings. The van der Waals surface area contributed by atoms with Crippen LogP contribution in [0, 0.1) is 6.92 Å². The Morgan fingerprint density at radius 1 is 1.16 bits per heavy atom. The Hall–Kier alpha value is -3.14. The van der Waals surface area contributed by atoms with E-state index in [1.165, 1.54) is 0 Å². The predicted molar refractivity (Wildman–Crippen MR) is 117 cm³/mol. The highest BCUT2D eigenvalue weighted by atomic mass is 32.2. The van der Waals surface area contributed by atoms with Crippen LogP contribution >= 0.6 is 0 Å². The van der Waals surface area contributed by atoms with Crippen molar-refractivity contribution >= 4 is 32.5 Å². The van der Waals surface area contributed by atoms with E-state index in [1.807, 2.05) is 13.0 Å². The molecule has 0 bridgehead atoms. The molecule has 1 aromatic carbocycles. The number of ether oxygens (including phenoxy) is 2. The van der Waals surface area contributed by atoms with Gasteiger partial charge in [-0.05, 0) is 44.4 Å². The number of hydrogen-bond acceptors (Lipinski definition) is 7. The third-order valence-electron chi connectivity index (χ3n) is 6.28. The third-order valence-corrected chi connectivity index (χ3v) is 8.03. The van der Waals surface area contributed by atoms with Crippen LogP contribution in [-0.2, 0) is 9.84 Å². The SMILES string of the molecule is Cc1nn([C@@H]2CCS(=O)(=O)C2)c2nc(C3CC3)cc(C(=O)Nc3ccc4c(c3)OCO4)c12. The van der Waals surface area contributed by atoms with E-state index in [1.54, 1.807) is 22.9 Å². The number of fused-ring (bicyclic) bond motifs is 2. The molecule has 1 N–H and O–H groups in total. The van der Waals surface area contributed by atoms with Gasteiger partial charge in [0, 0.05) is 23.4 Å². The molecule has 1 saturated carbocycles. The van der Waals surface area contributed by atoms with Crippen molar-refractivity contribution in [3.05, 3.63) is 41.2 Å². The minimum Gasteiger partial charge on any atom is -0.454 e. The van der Waals surface area contributed by atoms with Gasteiger partial charge in [-0.1, -0.05) is 0 Å². The fourth-order valence-electron chi connectivity index (χ4n) is 4.50. The molecule has 0 unspecified atom stereocenters. The van der Waals surface area contributed by atoms with Crippen LogP contribution in [0.25, 0.3) is 11.0 Å². The summed E-state index contributed by atoms with van der Waals surface area (Å²) in [4.78, 5) is 18.2. The van der Waals surface area contributed by atoms with E-state index in [0.717, 1.165) is 18.5 Å². The van der Waals surface area contributed by atoms with Crippen LogP contribution in [0.4, 0.5) is 5.69 Å². The van der Waals surface area contributed by atoms with Crippen LogP contribution in [0.15, 0.2) is 24.3 Å². The maximum absolute atomic E-state index is 13.4. The molecule has 9 nitrogen and oxygen atoms in total. The smallest absolute Gasteiger partial charge is 0.256 e. The van der Waals surface area contributed by atoms with Crippen molar-refractivity contribution in [1.29, 1.82) is 0 Å². The Morgan fingerprint density at radius 3 is 2.72 bits per heavy atom. The van der Waals surface area contributed by atoms with Gasteiger partial charge in [0.25, 0.3) is 5.91 Å². The molecule has 1 amide bonds. The molecule has 0 radical (unpaired) electrons. The van der Waals surface area contributed by atoms with Gasteiger partial charge < -0.3 is 14.8 Å². The highest BCUT2D eigenvalue weighted by Gasteiger charge is 2.34. The van der Waals surface area contributed by atoms with Crippen molar-refractivity contribution in [2.24, 2.45) is 0 Å². The summed E-state index contributed by atoms with van der Waals surface area (Å²) in [7, 11) is -3.08. The predicted octanol–water partition coefficient (Wildman–Crippen LogP) is 2.96. The van der Waals surface area contributed by atoms with E-state index in [-0.39, 0.29) is 30.2 Å². The maximum atomic E-state index is 13.4. The van der Waals surface area contributed by atoms with Gasteiger partial charge in [-0.2, -0.15) is 5.10 Å². The lowest BCUT2D eigenvalue weighted by atomic mass is 10.1. The lowest BCUT2D eigenvalue weighted by Gasteiger charge is -2.12. The van der Waals surface area contributed by atoms with Gasteiger partial charge in [-0.15, -0.1) is 0 Å². The molecule has 32 heavy (non-hydrogen) atoms. The first-order valence-electron chi connectivity index (χ1n) is 10.7. The maximum Gasteiger partial charge on any atom is 0.256 e. The van der Waals surface area contributed by atoms with Crippen LogP contribution in [0.3, 0.4) is 0 Å². The van der Waals surface area contributed by atoms with Gasteiger partial charge in [-0.3, -0.25) is 4.79 Å². The third kappa shape index (κ3) is 3.29. The molecule has 1 atom stereocenters. The normalized spacial score (nSPS) is 21.2. The summed E-state index contributed by atoms with van der Waals surface area (Å²) in [6, 6.07) is 6.86. The molecule has 166 valence electrons. The van der Waals surface area contributed by atoms with E-state index in [9.17, 15) is 13.2 Å². The number of nitrogens with one attached hydrogen (secondary N) is 1. The van der Waals surface area contributed by atoms with Gasteiger partial charge in [0.05, 0.1) is 34.2 Å². The largest absolute Gasteiger partial charge is 0.454 e. The van der Waals surface area contributed by atoms with Gasteiger partial charge >= 0.3 is 0 Å². The molecule has 0 spiro atoms. The topological polar surface area (TPSA) is 112 Å². The second-order valence-electron chi connectivity index (χ2n) is 8.68. The zero-order valence-electron chi connectivity index (χ0n) is 17.5. The van der Waals surface area contributed by atoms with E-state index < -0.39 is 9.84 Å². The van der Waals surface area contributed by atoms with Gasteiger partial charge in [0.1, 0.15) is 0 Å². The Morgan fingerprint density at radius 2 is 1.97 bits per heavy atom. The summed E-state index contributed by atoms with van der Waals surface area (Å²) in [6.07, 6.45) is 2.58. The lowest BCUT2D eigenvalue weighted by Crippen LogP contribution is -2.15. The highest BCUT2D eigenvalue weighted by Crippen LogP contribution is 2.41. The number of nitrogens with zero attached hydrogens (tertiary/aromatic N) is 3. The fourth-order valence-corrected chi connectivity index (χ4v) is 6.19. The number of aryl methyl sites for hydroxylation is 1. The van der Waals surface area contributed by atoms with Crippen LogP contribution in [0.1, 0.15) is 53.0 Å². The molecule has 2 fully saturated rings. The van der Waals surface area contributed by atoms with Crippen molar-refractivity contribution in [1.82, 2.24) is 14.8 Å². The Bertz CT molecular complexity index is 1380. The number of carbonyl (C=O) groups is 1. The summed E-state index contributed by atoms with van der Waals surface area (Å²) < 4.78 is 36.6. The Balaban J connectivity index is 1.42. The summed E-state index contributed by atoms with van der Waals surface area (Å²) in [5, 5.41) is 8.24. The van der Waals surface area contributed by atoms with Gasteiger partial charge in [0.15, 0.2) is 27.0 Å². The number of rotatable bonds is 4. The monoisotopic (exact) mass is 454 g/mol. The second-order valence-corrected chi connectivity index (χ2v) is 10.9. The minimum atomic E-state index is -3.08. The molecule has 1 aliphatic carbocycles. The molecule has 1 saturated heterocycles. The van der Waals surface area contributed by atoms with Crippen molar-refractivity contribution in [2.45, 2.75) is 38.1 Å². The zero-order valence-corrected chi connectivity index (χ0v) is 18.3. The number of benzene rings is 1. The second kappa shape index (κ2) is 6.93. The molecule has 4 heterocycles. The van der Waals surface area contributed by atoms with Crippen molar-refractivity contribution < 1.29 is 22.7 Å². The van der Waals surface area contributed by atoms with Crippen molar-refractivity contribution in [3.8, 4) is 11.5 Å². The van der Waals surface area contributed by atoms with Crippen LogP contribution < -0.4 is 14.8 Å². The summed E-state index contributed by atoms with van der Waals surface area (Å²) in [5.41, 5.74) is 3.21. The highest BCUT2D eigenvalue weighted by molar-refractivity contribution is 7.91.